The maximum atomic E-state index is 11.7. The van der Waals surface area contributed by atoms with Crippen LogP contribution in [0, 0.1) is 0 Å². The summed E-state index contributed by atoms with van der Waals surface area (Å²) in [5.41, 5.74) is 0. The van der Waals surface area contributed by atoms with Crippen LogP contribution in [0.5, 0.6) is 0 Å². The van der Waals surface area contributed by atoms with Gasteiger partial charge in [0, 0.05) is 6.07 Å². The molecule has 1 saturated heterocycles. The third-order valence-corrected chi connectivity index (χ3v) is 3.27. The molecule has 3 amide bonds. The molecule has 0 spiro atoms. The van der Waals surface area contributed by atoms with Crippen LogP contribution in [-0.2, 0) is 14.1 Å². The highest BCUT2D eigenvalue weighted by Crippen LogP contribution is 2.38. The summed E-state index contributed by atoms with van der Waals surface area (Å²) in [6.45, 7) is -0.452. The molecule has 9 nitrogen and oxygen atoms in total. The fourth-order valence-electron chi connectivity index (χ4n) is 1.50. The highest BCUT2D eigenvalue weighted by atomic mass is 35.5. The molecule has 0 bridgehead atoms. The van der Waals surface area contributed by atoms with Crippen molar-refractivity contribution in [2.24, 2.45) is 0 Å². The van der Waals surface area contributed by atoms with Crippen molar-refractivity contribution in [1.82, 2.24) is 5.32 Å². The molecule has 20 heavy (non-hydrogen) atoms. The van der Waals surface area contributed by atoms with Gasteiger partial charge in [-0.2, -0.15) is 0 Å². The Kier molecular flexibility index (Phi) is 3.90. The topological polar surface area (TPSA) is 129 Å². The number of amides is 3. The maximum Gasteiger partial charge on any atom is 0.351 e. The summed E-state index contributed by atoms with van der Waals surface area (Å²) in [4.78, 5) is 41.8. The third kappa shape index (κ3) is 3.20. The minimum atomic E-state index is -4.51. The van der Waals surface area contributed by atoms with Crippen molar-refractivity contribution in [3.8, 4) is 0 Å². The largest absolute Gasteiger partial charge is 0.448 e. The number of anilines is 1. The van der Waals surface area contributed by atoms with Gasteiger partial charge in [0.25, 0.3) is 5.91 Å². The number of nitrogens with zero attached hydrogens (tertiary/aromatic N) is 1. The van der Waals surface area contributed by atoms with Crippen LogP contribution >= 0.6 is 19.2 Å². The standard InChI is InChI=1S/C9H10ClN2O7P/c10-9(19-5-20(15,16)17)4-12(6-2-1-3-18-6)8(14)11-7(9)13/h1-3H,4-5H2,(H,11,13,14)(H2,15,16,17). The summed E-state index contributed by atoms with van der Waals surface area (Å²) in [7, 11) is -4.51. The van der Waals surface area contributed by atoms with Crippen molar-refractivity contribution in [1.29, 1.82) is 0 Å². The van der Waals surface area contributed by atoms with Gasteiger partial charge in [0.1, 0.15) is 0 Å². The Hall–Kier alpha value is -1.38. The normalized spacial score (nSPS) is 23.9. The number of furan rings is 1. The van der Waals surface area contributed by atoms with E-state index < -0.39 is 37.5 Å². The van der Waals surface area contributed by atoms with Gasteiger partial charge in [-0.1, -0.05) is 11.6 Å². The molecule has 0 aliphatic carbocycles. The fraction of sp³-hybridized carbons (Fsp3) is 0.333. The van der Waals surface area contributed by atoms with Crippen LogP contribution in [0.2, 0.25) is 0 Å². The SMILES string of the molecule is O=C1NC(=O)C(Cl)(OCP(=O)(O)O)CN1c1ccco1. The van der Waals surface area contributed by atoms with Gasteiger partial charge in [-0.25, -0.2) is 4.79 Å². The van der Waals surface area contributed by atoms with Gasteiger partial charge in [-0.05, 0) is 6.07 Å². The second-order valence-electron chi connectivity index (χ2n) is 3.96. The Labute approximate surface area is 117 Å². The molecular weight excluding hydrogens is 315 g/mol. The minimum Gasteiger partial charge on any atom is -0.448 e. The molecule has 0 aromatic carbocycles. The third-order valence-electron chi connectivity index (χ3n) is 2.40. The highest BCUT2D eigenvalue weighted by Gasteiger charge is 2.48. The molecule has 1 atom stereocenters. The van der Waals surface area contributed by atoms with Crippen molar-refractivity contribution in [3.05, 3.63) is 18.4 Å². The number of urea groups is 1. The lowest BCUT2D eigenvalue weighted by Gasteiger charge is -2.35. The molecule has 2 heterocycles. The van der Waals surface area contributed by atoms with Gasteiger partial charge < -0.3 is 18.9 Å². The van der Waals surface area contributed by atoms with E-state index in [0.29, 0.717) is 0 Å². The first-order chi connectivity index (χ1) is 9.21. The smallest absolute Gasteiger partial charge is 0.351 e. The average Bonchev–Trinajstić information content (AvgIpc) is 2.84. The molecular formula is C9H10ClN2O7P. The zero-order valence-corrected chi connectivity index (χ0v) is 11.5. The molecule has 1 unspecified atom stereocenters. The zero-order chi connectivity index (χ0) is 15.0. The lowest BCUT2D eigenvalue weighted by atomic mass is 10.2. The van der Waals surface area contributed by atoms with Gasteiger partial charge in [0.05, 0.1) is 12.8 Å². The van der Waals surface area contributed by atoms with E-state index >= 15 is 0 Å². The summed E-state index contributed by atoms with van der Waals surface area (Å²) < 4.78 is 20.6. The van der Waals surface area contributed by atoms with E-state index in [0.717, 1.165) is 4.90 Å². The second-order valence-corrected chi connectivity index (χ2v) is 6.16. The lowest BCUT2D eigenvalue weighted by Crippen LogP contribution is -2.63. The summed E-state index contributed by atoms with van der Waals surface area (Å²) in [6, 6.07) is 2.20. The summed E-state index contributed by atoms with van der Waals surface area (Å²) in [6.07, 6.45) is 0.259. The molecule has 1 aromatic heterocycles. The monoisotopic (exact) mass is 324 g/mol. The Morgan fingerprint density at radius 3 is 2.80 bits per heavy atom. The average molecular weight is 325 g/mol. The highest BCUT2D eigenvalue weighted by molar-refractivity contribution is 7.51. The summed E-state index contributed by atoms with van der Waals surface area (Å²) >= 11 is 5.90. The van der Waals surface area contributed by atoms with Crippen molar-refractivity contribution in [3.63, 3.8) is 0 Å². The Bertz CT molecular complexity index is 571. The molecule has 1 aromatic rings. The van der Waals surface area contributed by atoms with Crippen molar-refractivity contribution < 1.29 is 33.1 Å². The number of carbonyl (C=O) groups is 2. The number of imide groups is 1. The Balaban J connectivity index is 2.18. The maximum absolute atomic E-state index is 11.7. The molecule has 0 radical (unpaired) electrons. The minimum absolute atomic E-state index is 0.111. The Morgan fingerprint density at radius 1 is 1.55 bits per heavy atom. The molecule has 11 heteroatoms. The van der Waals surface area contributed by atoms with E-state index in [2.05, 4.69) is 0 Å². The number of nitrogens with one attached hydrogen (secondary N) is 1. The van der Waals surface area contributed by atoms with E-state index in [1.54, 1.807) is 0 Å². The van der Waals surface area contributed by atoms with E-state index in [-0.39, 0.29) is 5.88 Å². The van der Waals surface area contributed by atoms with E-state index in [9.17, 15) is 14.2 Å². The van der Waals surface area contributed by atoms with Crippen LogP contribution in [0.4, 0.5) is 10.7 Å². The van der Waals surface area contributed by atoms with Gasteiger partial charge in [-0.15, -0.1) is 0 Å². The number of alkyl halides is 1. The molecule has 3 N–H and O–H groups in total. The van der Waals surface area contributed by atoms with Crippen LogP contribution in [0.15, 0.2) is 22.8 Å². The van der Waals surface area contributed by atoms with Crippen LogP contribution in [0.3, 0.4) is 0 Å². The zero-order valence-electron chi connectivity index (χ0n) is 9.85. The number of hydrogen-bond acceptors (Lipinski definition) is 5. The quantitative estimate of drug-likeness (QED) is 0.540. The van der Waals surface area contributed by atoms with Crippen molar-refractivity contribution >= 4 is 37.0 Å². The summed E-state index contributed by atoms with van der Waals surface area (Å²) in [5.74, 6) is -0.889. The summed E-state index contributed by atoms with van der Waals surface area (Å²) in [5, 5.41) is -0.187. The van der Waals surface area contributed by atoms with Crippen LogP contribution in [0.25, 0.3) is 0 Å². The number of hydrogen-bond donors (Lipinski definition) is 3. The van der Waals surface area contributed by atoms with E-state index in [1.165, 1.54) is 18.4 Å². The molecule has 0 saturated carbocycles. The first-order valence-electron chi connectivity index (χ1n) is 5.25. The molecule has 1 aliphatic rings. The number of ether oxygens (including phenoxy) is 1. The molecule has 1 fully saturated rings. The van der Waals surface area contributed by atoms with Gasteiger partial charge >= 0.3 is 13.6 Å². The Morgan fingerprint density at radius 2 is 2.25 bits per heavy atom. The lowest BCUT2D eigenvalue weighted by molar-refractivity contribution is -0.134. The number of halogens is 1. The van der Waals surface area contributed by atoms with Crippen LogP contribution < -0.4 is 10.2 Å². The first kappa shape index (κ1) is 15.0. The molecule has 1 aliphatic heterocycles. The number of carbonyl (C=O) groups excluding carboxylic acids is 2. The van der Waals surface area contributed by atoms with Crippen LogP contribution in [-0.4, -0.2) is 39.7 Å². The predicted molar refractivity (Wildman–Crippen MR) is 66.2 cm³/mol. The predicted octanol–water partition coefficient (Wildman–Crippen LogP) is 0.423. The van der Waals surface area contributed by atoms with Crippen LogP contribution in [0.1, 0.15) is 0 Å². The van der Waals surface area contributed by atoms with Crippen molar-refractivity contribution in [2.45, 2.75) is 5.06 Å². The number of rotatable bonds is 4. The second kappa shape index (κ2) is 5.19. The molecule has 2 rings (SSSR count). The van der Waals surface area contributed by atoms with E-state index in [4.69, 9.17) is 30.5 Å². The van der Waals surface area contributed by atoms with Crippen molar-refractivity contribution in [2.75, 3.05) is 17.8 Å². The first-order valence-corrected chi connectivity index (χ1v) is 7.43. The van der Waals surface area contributed by atoms with Gasteiger partial charge in [-0.3, -0.25) is 19.6 Å². The van der Waals surface area contributed by atoms with Gasteiger partial charge in [0.15, 0.2) is 6.35 Å². The fourth-order valence-corrected chi connectivity index (χ4v) is 2.19. The van der Waals surface area contributed by atoms with Gasteiger partial charge in [0.2, 0.25) is 10.9 Å². The van der Waals surface area contributed by atoms with E-state index in [1.807, 2.05) is 5.32 Å². The molecule has 110 valence electrons.